The molecule has 6 nitrogen and oxygen atoms in total. The molecule has 3 rings (SSSR count). The molecule has 0 spiro atoms. The van der Waals surface area contributed by atoms with Crippen molar-refractivity contribution in [3.8, 4) is 0 Å². The molecule has 2 fully saturated rings. The Morgan fingerprint density at radius 3 is 3.09 bits per heavy atom. The number of sulfonamides is 1. The van der Waals surface area contributed by atoms with Crippen molar-refractivity contribution in [1.82, 2.24) is 9.29 Å². The van der Waals surface area contributed by atoms with E-state index < -0.39 is 10.0 Å². The smallest absolute Gasteiger partial charge is 0.214 e. The Labute approximate surface area is 131 Å². The molecule has 0 amide bonds. The molecule has 2 aliphatic rings. The van der Waals surface area contributed by atoms with Crippen LogP contribution in [0.5, 0.6) is 0 Å². The fourth-order valence-corrected chi connectivity index (χ4v) is 5.00. The monoisotopic (exact) mass is 325 g/mol. The number of pyridine rings is 1. The van der Waals surface area contributed by atoms with Crippen molar-refractivity contribution < 1.29 is 13.2 Å². The Morgan fingerprint density at radius 1 is 1.50 bits per heavy atom. The Balaban J connectivity index is 1.71. The van der Waals surface area contributed by atoms with Gasteiger partial charge in [-0.15, -0.1) is 0 Å². The number of nitrogens with zero attached hydrogens (tertiary/aromatic N) is 2. The predicted molar refractivity (Wildman–Crippen MR) is 85.1 cm³/mol. The average Bonchev–Trinajstić information content (AvgIpc) is 3.04. The van der Waals surface area contributed by atoms with Crippen molar-refractivity contribution in [2.75, 3.05) is 43.9 Å². The summed E-state index contributed by atoms with van der Waals surface area (Å²) in [6.07, 6.45) is 2.40. The van der Waals surface area contributed by atoms with Crippen LogP contribution in [0.2, 0.25) is 0 Å². The highest BCUT2D eigenvalue weighted by Crippen LogP contribution is 2.42. The largest absolute Gasteiger partial charge is 0.380 e. The Kier molecular flexibility index (Phi) is 4.38. The summed E-state index contributed by atoms with van der Waals surface area (Å²) in [5.74, 6) is 1.30. The average molecular weight is 325 g/mol. The lowest BCUT2D eigenvalue weighted by Gasteiger charge is -2.27. The maximum atomic E-state index is 12.3. The van der Waals surface area contributed by atoms with Crippen molar-refractivity contribution in [2.24, 2.45) is 11.3 Å². The van der Waals surface area contributed by atoms with Crippen LogP contribution in [0, 0.1) is 11.3 Å². The molecular formula is C15H23N3O3S. The zero-order valence-electron chi connectivity index (χ0n) is 12.9. The first-order valence-electron chi connectivity index (χ1n) is 7.76. The van der Waals surface area contributed by atoms with Crippen LogP contribution in [0.1, 0.15) is 13.3 Å². The van der Waals surface area contributed by atoms with Gasteiger partial charge in [0.1, 0.15) is 5.82 Å². The first-order valence-corrected chi connectivity index (χ1v) is 9.37. The first kappa shape index (κ1) is 15.7. The topological polar surface area (TPSA) is 71.5 Å². The first-order chi connectivity index (χ1) is 10.6. The van der Waals surface area contributed by atoms with Gasteiger partial charge in [0.25, 0.3) is 0 Å². The number of aromatic nitrogens is 1. The van der Waals surface area contributed by atoms with Crippen molar-refractivity contribution in [3.05, 3.63) is 24.4 Å². The van der Waals surface area contributed by atoms with Gasteiger partial charge in [-0.3, -0.25) is 0 Å². The van der Waals surface area contributed by atoms with E-state index in [9.17, 15) is 8.42 Å². The quantitative estimate of drug-likeness (QED) is 0.850. The second-order valence-corrected chi connectivity index (χ2v) is 8.34. The SMILES string of the molecule is CCCS(=O)(=O)N1C[C@@H]2COC[C@]2(CNc2ccccn2)C1. The molecule has 1 N–H and O–H groups in total. The third-order valence-electron chi connectivity index (χ3n) is 4.63. The van der Waals surface area contributed by atoms with Gasteiger partial charge in [0.15, 0.2) is 0 Å². The molecule has 2 saturated heterocycles. The predicted octanol–water partition coefficient (Wildman–Crippen LogP) is 1.18. The van der Waals surface area contributed by atoms with Gasteiger partial charge in [0.2, 0.25) is 10.0 Å². The number of fused-ring (bicyclic) bond motifs is 1. The van der Waals surface area contributed by atoms with Crippen LogP contribution in [0.3, 0.4) is 0 Å². The number of ether oxygens (including phenoxy) is 1. The summed E-state index contributed by atoms with van der Waals surface area (Å²) in [5, 5.41) is 3.34. The van der Waals surface area contributed by atoms with Gasteiger partial charge in [-0.25, -0.2) is 17.7 Å². The van der Waals surface area contributed by atoms with Crippen molar-refractivity contribution >= 4 is 15.8 Å². The number of anilines is 1. The van der Waals surface area contributed by atoms with Gasteiger partial charge < -0.3 is 10.1 Å². The minimum atomic E-state index is -3.14. The molecule has 3 heterocycles. The number of hydrogen-bond donors (Lipinski definition) is 1. The van der Waals surface area contributed by atoms with E-state index in [0.717, 1.165) is 5.82 Å². The molecule has 0 aromatic carbocycles. The lowest BCUT2D eigenvalue weighted by molar-refractivity contribution is 0.147. The second-order valence-electron chi connectivity index (χ2n) is 6.25. The third-order valence-corrected chi connectivity index (χ3v) is 6.62. The van der Waals surface area contributed by atoms with Crippen LogP contribution >= 0.6 is 0 Å². The molecule has 0 unspecified atom stereocenters. The zero-order valence-corrected chi connectivity index (χ0v) is 13.7. The van der Waals surface area contributed by atoms with Gasteiger partial charge in [-0.2, -0.15) is 0 Å². The molecule has 1 aromatic rings. The van der Waals surface area contributed by atoms with Crippen LogP contribution in [0.4, 0.5) is 5.82 Å². The maximum Gasteiger partial charge on any atom is 0.214 e. The Morgan fingerprint density at radius 2 is 2.36 bits per heavy atom. The molecule has 22 heavy (non-hydrogen) atoms. The summed E-state index contributed by atoms with van der Waals surface area (Å²) in [7, 11) is -3.14. The standard InChI is InChI=1S/C15H23N3O3S/c1-2-7-22(19,20)18-8-13-9-21-12-15(13,11-18)10-17-14-5-3-4-6-16-14/h3-6,13H,2,7-12H2,1H3,(H,16,17)/t13-,15+/m1/s1. The van der Waals surface area contributed by atoms with Crippen LogP contribution in [0.25, 0.3) is 0 Å². The molecule has 2 atom stereocenters. The fraction of sp³-hybridized carbons (Fsp3) is 0.667. The molecule has 7 heteroatoms. The zero-order chi connectivity index (χ0) is 15.6. The summed E-state index contributed by atoms with van der Waals surface area (Å²) >= 11 is 0. The number of rotatable bonds is 6. The van der Waals surface area contributed by atoms with Gasteiger partial charge in [0.05, 0.1) is 19.0 Å². The summed E-state index contributed by atoms with van der Waals surface area (Å²) in [5.41, 5.74) is -0.141. The molecule has 2 aliphatic heterocycles. The minimum Gasteiger partial charge on any atom is -0.380 e. The summed E-state index contributed by atoms with van der Waals surface area (Å²) in [4.78, 5) is 4.26. The fourth-order valence-electron chi connectivity index (χ4n) is 3.37. The summed E-state index contributed by atoms with van der Waals surface area (Å²) in [6, 6.07) is 5.73. The summed E-state index contributed by atoms with van der Waals surface area (Å²) in [6.45, 7) is 4.95. The van der Waals surface area contributed by atoms with Gasteiger partial charge >= 0.3 is 0 Å². The lowest BCUT2D eigenvalue weighted by Crippen LogP contribution is -2.39. The molecule has 0 aliphatic carbocycles. The molecule has 122 valence electrons. The normalized spacial score (nSPS) is 28.7. The molecule has 0 bridgehead atoms. The van der Waals surface area contributed by atoms with E-state index in [2.05, 4.69) is 10.3 Å². The molecule has 0 radical (unpaired) electrons. The Hall–Kier alpha value is -1.18. The van der Waals surface area contributed by atoms with E-state index in [0.29, 0.717) is 39.3 Å². The van der Waals surface area contributed by atoms with Crippen LogP contribution < -0.4 is 5.32 Å². The molecular weight excluding hydrogens is 302 g/mol. The van der Waals surface area contributed by atoms with E-state index in [1.54, 1.807) is 10.5 Å². The van der Waals surface area contributed by atoms with E-state index >= 15 is 0 Å². The van der Waals surface area contributed by atoms with E-state index in [1.165, 1.54) is 0 Å². The lowest BCUT2D eigenvalue weighted by atomic mass is 9.81. The van der Waals surface area contributed by atoms with Crippen molar-refractivity contribution in [1.29, 1.82) is 0 Å². The molecule has 0 saturated carbocycles. The number of hydrogen-bond acceptors (Lipinski definition) is 5. The highest BCUT2D eigenvalue weighted by molar-refractivity contribution is 7.89. The van der Waals surface area contributed by atoms with E-state index in [-0.39, 0.29) is 17.1 Å². The molecule has 1 aromatic heterocycles. The van der Waals surface area contributed by atoms with Gasteiger partial charge in [0, 0.05) is 37.2 Å². The van der Waals surface area contributed by atoms with Crippen molar-refractivity contribution in [3.63, 3.8) is 0 Å². The second kappa shape index (κ2) is 6.14. The third kappa shape index (κ3) is 2.98. The van der Waals surface area contributed by atoms with Gasteiger partial charge in [-0.05, 0) is 18.6 Å². The summed E-state index contributed by atoms with van der Waals surface area (Å²) < 4.78 is 32.0. The van der Waals surface area contributed by atoms with E-state index in [1.807, 2.05) is 25.1 Å². The van der Waals surface area contributed by atoms with Crippen LogP contribution in [-0.2, 0) is 14.8 Å². The van der Waals surface area contributed by atoms with Crippen LogP contribution in [0.15, 0.2) is 24.4 Å². The van der Waals surface area contributed by atoms with Gasteiger partial charge in [-0.1, -0.05) is 13.0 Å². The minimum absolute atomic E-state index is 0.141. The van der Waals surface area contributed by atoms with Crippen molar-refractivity contribution in [2.45, 2.75) is 13.3 Å². The Bertz CT molecular complexity index is 608. The highest BCUT2D eigenvalue weighted by Gasteiger charge is 2.53. The maximum absolute atomic E-state index is 12.3. The van der Waals surface area contributed by atoms with E-state index in [4.69, 9.17) is 4.74 Å². The van der Waals surface area contributed by atoms with Crippen LogP contribution in [-0.4, -0.2) is 56.3 Å². The number of nitrogens with one attached hydrogen (secondary N) is 1. The highest BCUT2D eigenvalue weighted by atomic mass is 32.2.